The summed E-state index contributed by atoms with van der Waals surface area (Å²) >= 11 is 0. The minimum Gasteiger partial charge on any atom is -0.237 e. The Bertz CT molecular complexity index is 622. The topological polar surface area (TPSA) is 51.6 Å². The summed E-state index contributed by atoms with van der Waals surface area (Å²) in [5.41, 5.74) is 1.46. The first kappa shape index (κ1) is 8.91. The Balaban J connectivity index is 2.19. The van der Waals surface area contributed by atoms with Crippen molar-refractivity contribution in [2.45, 2.75) is 0 Å². The zero-order valence-electron chi connectivity index (χ0n) is 8.41. The molecule has 0 aliphatic heterocycles. The van der Waals surface area contributed by atoms with Crippen LogP contribution in [0, 0.1) is 0 Å². The van der Waals surface area contributed by atoms with Gasteiger partial charge in [0.2, 0.25) is 0 Å². The van der Waals surface area contributed by atoms with E-state index in [1.54, 1.807) is 24.7 Å². The molecule has 0 spiro atoms. The molecule has 76 valence electrons. The standard InChI is InChI=1S/C12H8N4/c1-3-9-4-5-10(16-11(9)13-6-1)12-14-7-2-8-15-12/h1-8H. The van der Waals surface area contributed by atoms with Gasteiger partial charge in [-0.15, -0.1) is 0 Å². The molecule has 3 heterocycles. The SMILES string of the molecule is c1cnc(-c2ccc3cccnc3n2)nc1. The average Bonchev–Trinajstić information content (AvgIpc) is 2.39. The second kappa shape index (κ2) is 3.66. The molecule has 3 rings (SSSR count). The minimum absolute atomic E-state index is 0.620. The van der Waals surface area contributed by atoms with Gasteiger partial charge in [0.25, 0.3) is 0 Å². The normalized spacial score (nSPS) is 10.5. The highest BCUT2D eigenvalue weighted by Gasteiger charge is 2.03. The molecule has 0 bridgehead atoms. The number of aromatic nitrogens is 4. The van der Waals surface area contributed by atoms with Crippen molar-refractivity contribution < 1.29 is 0 Å². The number of pyridine rings is 2. The van der Waals surface area contributed by atoms with Crippen LogP contribution in [-0.4, -0.2) is 19.9 Å². The first-order chi connectivity index (χ1) is 7.93. The van der Waals surface area contributed by atoms with Gasteiger partial charge in [-0.05, 0) is 30.3 Å². The van der Waals surface area contributed by atoms with Crippen molar-refractivity contribution in [3.63, 3.8) is 0 Å². The molecule has 16 heavy (non-hydrogen) atoms. The molecule has 4 nitrogen and oxygen atoms in total. The van der Waals surface area contributed by atoms with Crippen LogP contribution >= 0.6 is 0 Å². The van der Waals surface area contributed by atoms with Gasteiger partial charge in [0.15, 0.2) is 11.5 Å². The van der Waals surface area contributed by atoms with Gasteiger partial charge in [0, 0.05) is 24.0 Å². The van der Waals surface area contributed by atoms with Crippen LogP contribution in [0.1, 0.15) is 0 Å². The Kier molecular flexibility index (Phi) is 2.04. The fraction of sp³-hybridized carbons (Fsp3) is 0. The van der Waals surface area contributed by atoms with E-state index in [4.69, 9.17) is 0 Å². The highest BCUT2D eigenvalue weighted by molar-refractivity contribution is 5.76. The molecule has 0 N–H and O–H groups in total. The fourth-order valence-electron chi connectivity index (χ4n) is 1.51. The van der Waals surface area contributed by atoms with Crippen molar-refractivity contribution in [2.24, 2.45) is 0 Å². The van der Waals surface area contributed by atoms with Gasteiger partial charge in [0.05, 0.1) is 0 Å². The summed E-state index contributed by atoms with van der Waals surface area (Å²) in [7, 11) is 0. The zero-order chi connectivity index (χ0) is 10.8. The molecule has 0 aromatic carbocycles. The fourth-order valence-corrected chi connectivity index (χ4v) is 1.51. The van der Waals surface area contributed by atoms with Gasteiger partial charge < -0.3 is 0 Å². The van der Waals surface area contributed by atoms with E-state index in [0.29, 0.717) is 11.5 Å². The summed E-state index contributed by atoms with van der Waals surface area (Å²) in [6, 6.07) is 9.52. The number of nitrogens with zero attached hydrogens (tertiary/aromatic N) is 4. The van der Waals surface area contributed by atoms with Crippen LogP contribution in [0.5, 0.6) is 0 Å². The maximum absolute atomic E-state index is 4.41. The van der Waals surface area contributed by atoms with Crippen LogP contribution in [-0.2, 0) is 0 Å². The largest absolute Gasteiger partial charge is 0.237 e. The lowest BCUT2D eigenvalue weighted by Crippen LogP contribution is -1.91. The van der Waals surface area contributed by atoms with E-state index < -0.39 is 0 Å². The number of hydrogen-bond donors (Lipinski definition) is 0. The van der Waals surface area contributed by atoms with Crippen LogP contribution < -0.4 is 0 Å². The van der Waals surface area contributed by atoms with E-state index in [2.05, 4.69) is 19.9 Å². The molecule has 3 aromatic heterocycles. The number of rotatable bonds is 1. The third-order valence-corrected chi connectivity index (χ3v) is 2.26. The van der Waals surface area contributed by atoms with E-state index in [0.717, 1.165) is 11.1 Å². The molecule has 0 amide bonds. The van der Waals surface area contributed by atoms with E-state index in [-0.39, 0.29) is 0 Å². The predicted molar refractivity (Wildman–Crippen MR) is 60.6 cm³/mol. The molecule has 0 fully saturated rings. The van der Waals surface area contributed by atoms with Gasteiger partial charge in [-0.1, -0.05) is 0 Å². The van der Waals surface area contributed by atoms with E-state index >= 15 is 0 Å². The third kappa shape index (κ3) is 1.50. The van der Waals surface area contributed by atoms with Gasteiger partial charge in [-0.2, -0.15) is 0 Å². The third-order valence-electron chi connectivity index (χ3n) is 2.26. The van der Waals surface area contributed by atoms with Crippen molar-refractivity contribution in [1.29, 1.82) is 0 Å². The Hall–Kier alpha value is -2.36. The van der Waals surface area contributed by atoms with Crippen LogP contribution in [0.15, 0.2) is 48.9 Å². The van der Waals surface area contributed by atoms with Gasteiger partial charge in [-0.25, -0.2) is 19.9 Å². The first-order valence-electron chi connectivity index (χ1n) is 4.93. The number of fused-ring (bicyclic) bond motifs is 1. The Morgan fingerprint density at radius 1 is 0.750 bits per heavy atom. The van der Waals surface area contributed by atoms with Crippen LogP contribution in [0.3, 0.4) is 0 Å². The highest BCUT2D eigenvalue weighted by Crippen LogP contribution is 2.15. The molecular formula is C12H8N4. The predicted octanol–water partition coefficient (Wildman–Crippen LogP) is 2.09. The minimum atomic E-state index is 0.620. The average molecular weight is 208 g/mol. The van der Waals surface area contributed by atoms with Crippen LogP contribution in [0.2, 0.25) is 0 Å². The Labute approximate surface area is 92.0 Å². The summed E-state index contributed by atoms with van der Waals surface area (Å²) in [6.07, 6.45) is 5.13. The molecule has 0 unspecified atom stereocenters. The molecule has 3 aromatic rings. The first-order valence-corrected chi connectivity index (χ1v) is 4.93. The Morgan fingerprint density at radius 3 is 2.44 bits per heavy atom. The van der Waals surface area contributed by atoms with E-state index in [1.165, 1.54) is 0 Å². The maximum atomic E-state index is 4.41. The van der Waals surface area contributed by atoms with Crippen molar-refractivity contribution >= 4 is 11.0 Å². The molecule has 0 atom stereocenters. The van der Waals surface area contributed by atoms with Crippen molar-refractivity contribution in [1.82, 2.24) is 19.9 Å². The monoisotopic (exact) mass is 208 g/mol. The number of hydrogen-bond acceptors (Lipinski definition) is 4. The molecule has 4 heteroatoms. The van der Waals surface area contributed by atoms with Gasteiger partial charge in [0.1, 0.15) is 5.69 Å². The van der Waals surface area contributed by atoms with Gasteiger partial charge in [-0.3, -0.25) is 0 Å². The second-order valence-electron chi connectivity index (χ2n) is 3.32. The summed E-state index contributed by atoms with van der Waals surface area (Å²) in [6.45, 7) is 0. The van der Waals surface area contributed by atoms with Crippen LogP contribution in [0.25, 0.3) is 22.6 Å². The second-order valence-corrected chi connectivity index (χ2v) is 3.32. The van der Waals surface area contributed by atoms with Crippen LogP contribution in [0.4, 0.5) is 0 Å². The maximum Gasteiger partial charge on any atom is 0.178 e. The summed E-state index contributed by atoms with van der Waals surface area (Å²) in [4.78, 5) is 16.9. The lowest BCUT2D eigenvalue weighted by Gasteiger charge is -2.00. The lowest BCUT2D eigenvalue weighted by molar-refractivity contribution is 1.14. The molecule has 0 saturated heterocycles. The zero-order valence-corrected chi connectivity index (χ0v) is 8.41. The van der Waals surface area contributed by atoms with Crippen molar-refractivity contribution in [3.05, 3.63) is 48.9 Å². The highest BCUT2D eigenvalue weighted by atomic mass is 14.9. The molecule has 0 radical (unpaired) electrons. The summed E-state index contributed by atoms with van der Waals surface area (Å²) < 4.78 is 0. The Morgan fingerprint density at radius 2 is 1.56 bits per heavy atom. The van der Waals surface area contributed by atoms with Crippen molar-refractivity contribution in [3.8, 4) is 11.5 Å². The van der Waals surface area contributed by atoms with Gasteiger partial charge >= 0.3 is 0 Å². The molecule has 0 aliphatic rings. The lowest BCUT2D eigenvalue weighted by atomic mass is 10.2. The molecule has 0 aliphatic carbocycles. The molecular weight excluding hydrogens is 200 g/mol. The van der Waals surface area contributed by atoms with Crippen molar-refractivity contribution in [2.75, 3.05) is 0 Å². The van der Waals surface area contributed by atoms with E-state index in [1.807, 2.05) is 24.3 Å². The quantitative estimate of drug-likeness (QED) is 0.614. The smallest absolute Gasteiger partial charge is 0.178 e. The summed E-state index contributed by atoms with van der Waals surface area (Å²) in [5.74, 6) is 0.620. The van der Waals surface area contributed by atoms with E-state index in [9.17, 15) is 0 Å². The summed E-state index contributed by atoms with van der Waals surface area (Å²) in [5, 5.41) is 1.02. The molecule has 0 saturated carbocycles.